The standard InChI is InChI=1S/C6H10.C4H9NO/c1-2-4-6-5-3-1;6-5-3-1-2-4-5/h1-2H,3-6H2;6H,1-4H2. The van der Waals surface area contributed by atoms with Crippen molar-refractivity contribution in [3.63, 3.8) is 0 Å². The molecule has 0 atom stereocenters. The summed E-state index contributed by atoms with van der Waals surface area (Å²) in [6.45, 7) is 1.75. The zero-order chi connectivity index (χ0) is 8.65. The third kappa shape index (κ3) is 4.52. The van der Waals surface area contributed by atoms with Crippen molar-refractivity contribution in [3.05, 3.63) is 12.2 Å². The molecule has 1 aliphatic heterocycles. The molecule has 2 aliphatic rings. The summed E-state index contributed by atoms with van der Waals surface area (Å²) in [7, 11) is 0. The molecule has 2 rings (SSSR count). The number of allylic oxidation sites excluding steroid dienone is 2. The zero-order valence-corrected chi connectivity index (χ0v) is 7.71. The van der Waals surface area contributed by atoms with Gasteiger partial charge in [0.25, 0.3) is 0 Å². The van der Waals surface area contributed by atoms with Gasteiger partial charge in [-0.1, -0.05) is 12.2 Å². The molecule has 2 heteroatoms. The molecule has 1 heterocycles. The largest absolute Gasteiger partial charge is 0.314 e. The summed E-state index contributed by atoms with van der Waals surface area (Å²) < 4.78 is 0. The van der Waals surface area contributed by atoms with Crippen molar-refractivity contribution in [2.45, 2.75) is 38.5 Å². The van der Waals surface area contributed by atoms with E-state index in [1.807, 2.05) is 0 Å². The van der Waals surface area contributed by atoms with E-state index in [1.165, 1.54) is 30.7 Å². The first-order valence-electron chi connectivity index (χ1n) is 4.98. The summed E-state index contributed by atoms with van der Waals surface area (Å²) in [5, 5.41) is 9.92. The SMILES string of the molecule is C1=CCCCC1.ON1CCCC1. The molecule has 0 aromatic heterocycles. The van der Waals surface area contributed by atoms with E-state index in [2.05, 4.69) is 12.2 Å². The lowest BCUT2D eigenvalue weighted by Crippen LogP contribution is -2.11. The van der Waals surface area contributed by atoms with Gasteiger partial charge in [0.1, 0.15) is 0 Å². The molecule has 1 fully saturated rings. The number of rotatable bonds is 0. The molecule has 2 nitrogen and oxygen atoms in total. The molecule has 70 valence electrons. The van der Waals surface area contributed by atoms with Crippen molar-refractivity contribution in [3.8, 4) is 0 Å². The van der Waals surface area contributed by atoms with Crippen molar-refractivity contribution in [1.29, 1.82) is 0 Å². The molecule has 0 aromatic rings. The van der Waals surface area contributed by atoms with E-state index in [1.54, 1.807) is 0 Å². The van der Waals surface area contributed by atoms with Crippen molar-refractivity contribution in [2.75, 3.05) is 13.1 Å². The van der Waals surface area contributed by atoms with Crippen LogP contribution in [0.5, 0.6) is 0 Å². The second-order valence-corrected chi connectivity index (χ2v) is 3.42. The summed E-state index contributed by atoms with van der Waals surface area (Å²) in [5.74, 6) is 0. The van der Waals surface area contributed by atoms with E-state index in [0.29, 0.717) is 0 Å². The molecule has 12 heavy (non-hydrogen) atoms. The van der Waals surface area contributed by atoms with Gasteiger partial charge in [-0.15, -0.1) is 0 Å². The highest BCUT2D eigenvalue weighted by Crippen LogP contribution is 2.07. The molecule has 0 radical (unpaired) electrons. The Hall–Kier alpha value is -0.340. The summed E-state index contributed by atoms with van der Waals surface area (Å²) in [6.07, 6.45) is 12.3. The topological polar surface area (TPSA) is 23.5 Å². The maximum Gasteiger partial charge on any atom is 0.0238 e. The molecule has 1 saturated heterocycles. The Bertz CT molecular complexity index is 120. The maximum atomic E-state index is 8.56. The summed E-state index contributed by atoms with van der Waals surface area (Å²) >= 11 is 0. The van der Waals surface area contributed by atoms with Crippen molar-refractivity contribution in [1.82, 2.24) is 5.06 Å². The van der Waals surface area contributed by atoms with Crippen LogP contribution in [0.1, 0.15) is 38.5 Å². The van der Waals surface area contributed by atoms with Gasteiger partial charge >= 0.3 is 0 Å². The monoisotopic (exact) mass is 169 g/mol. The molecule has 1 N–H and O–H groups in total. The number of nitrogens with zero attached hydrogens (tertiary/aromatic N) is 1. The average Bonchev–Trinajstić information content (AvgIpc) is 2.60. The fraction of sp³-hybridized carbons (Fsp3) is 0.800. The Morgan fingerprint density at radius 1 is 0.833 bits per heavy atom. The first-order chi connectivity index (χ1) is 5.89. The van der Waals surface area contributed by atoms with Crippen LogP contribution in [0.2, 0.25) is 0 Å². The van der Waals surface area contributed by atoms with Gasteiger partial charge in [-0.2, -0.15) is 5.06 Å². The minimum Gasteiger partial charge on any atom is -0.314 e. The predicted molar refractivity (Wildman–Crippen MR) is 50.2 cm³/mol. The average molecular weight is 169 g/mol. The van der Waals surface area contributed by atoms with Crippen LogP contribution < -0.4 is 0 Å². The van der Waals surface area contributed by atoms with Crippen LogP contribution in [0.4, 0.5) is 0 Å². The van der Waals surface area contributed by atoms with Crippen LogP contribution in [0.3, 0.4) is 0 Å². The van der Waals surface area contributed by atoms with Gasteiger partial charge in [0, 0.05) is 13.1 Å². The highest BCUT2D eigenvalue weighted by molar-refractivity contribution is 4.85. The summed E-state index contributed by atoms with van der Waals surface area (Å²) in [4.78, 5) is 0. The molecule has 0 bridgehead atoms. The van der Waals surface area contributed by atoms with Gasteiger partial charge in [-0.25, -0.2) is 0 Å². The van der Waals surface area contributed by atoms with Gasteiger partial charge in [0.15, 0.2) is 0 Å². The Morgan fingerprint density at radius 2 is 1.33 bits per heavy atom. The van der Waals surface area contributed by atoms with Gasteiger partial charge in [0.05, 0.1) is 0 Å². The van der Waals surface area contributed by atoms with E-state index in [4.69, 9.17) is 5.21 Å². The van der Waals surface area contributed by atoms with Crippen LogP contribution in [-0.2, 0) is 0 Å². The third-order valence-electron chi connectivity index (χ3n) is 2.24. The Balaban J connectivity index is 0.000000120. The van der Waals surface area contributed by atoms with Crippen LogP contribution in [0.15, 0.2) is 12.2 Å². The Labute approximate surface area is 74.8 Å². The lowest BCUT2D eigenvalue weighted by atomic mass is 10.1. The maximum absolute atomic E-state index is 8.56. The van der Waals surface area contributed by atoms with Gasteiger partial charge in [-0.3, -0.25) is 0 Å². The highest BCUT2D eigenvalue weighted by atomic mass is 16.5. The fourth-order valence-corrected chi connectivity index (χ4v) is 1.46. The van der Waals surface area contributed by atoms with Crippen molar-refractivity contribution in [2.24, 2.45) is 0 Å². The molecule has 0 spiro atoms. The van der Waals surface area contributed by atoms with Crippen LogP contribution >= 0.6 is 0 Å². The Kier molecular flexibility index (Phi) is 5.04. The zero-order valence-electron chi connectivity index (χ0n) is 7.71. The smallest absolute Gasteiger partial charge is 0.0238 e. The number of hydrogen-bond acceptors (Lipinski definition) is 2. The molecular formula is C10H19NO. The summed E-state index contributed by atoms with van der Waals surface area (Å²) in [6, 6.07) is 0. The molecular weight excluding hydrogens is 150 g/mol. The molecule has 1 aliphatic carbocycles. The highest BCUT2D eigenvalue weighted by Gasteiger charge is 2.05. The number of hydrogen-bond donors (Lipinski definition) is 1. The second-order valence-electron chi connectivity index (χ2n) is 3.42. The van der Waals surface area contributed by atoms with E-state index in [0.717, 1.165) is 25.9 Å². The fourth-order valence-electron chi connectivity index (χ4n) is 1.46. The molecule has 0 unspecified atom stereocenters. The van der Waals surface area contributed by atoms with E-state index >= 15 is 0 Å². The normalized spacial score (nSPS) is 23.4. The molecule has 0 saturated carbocycles. The quantitative estimate of drug-likeness (QED) is 0.563. The second kappa shape index (κ2) is 6.21. The van der Waals surface area contributed by atoms with Gasteiger partial charge in [0.2, 0.25) is 0 Å². The Morgan fingerprint density at radius 3 is 1.50 bits per heavy atom. The van der Waals surface area contributed by atoms with Crippen LogP contribution in [0.25, 0.3) is 0 Å². The minimum absolute atomic E-state index is 0.875. The first-order valence-corrected chi connectivity index (χ1v) is 4.98. The summed E-state index contributed by atoms with van der Waals surface area (Å²) in [5.41, 5.74) is 0. The van der Waals surface area contributed by atoms with Crippen molar-refractivity contribution >= 4 is 0 Å². The van der Waals surface area contributed by atoms with Gasteiger partial charge < -0.3 is 5.21 Å². The lowest BCUT2D eigenvalue weighted by Gasteiger charge is -1.99. The van der Waals surface area contributed by atoms with E-state index in [9.17, 15) is 0 Å². The minimum atomic E-state index is 0.875. The molecule has 0 amide bonds. The van der Waals surface area contributed by atoms with Crippen LogP contribution in [0, 0.1) is 0 Å². The first kappa shape index (κ1) is 9.75. The van der Waals surface area contributed by atoms with E-state index < -0.39 is 0 Å². The van der Waals surface area contributed by atoms with E-state index in [-0.39, 0.29) is 0 Å². The number of hydroxylamine groups is 2. The predicted octanol–water partition coefficient (Wildman–Crippen LogP) is 2.59. The van der Waals surface area contributed by atoms with Crippen LogP contribution in [-0.4, -0.2) is 23.4 Å². The van der Waals surface area contributed by atoms with Crippen molar-refractivity contribution < 1.29 is 5.21 Å². The lowest BCUT2D eigenvalue weighted by molar-refractivity contribution is -0.0678. The van der Waals surface area contributed by atoms with Gasteiger partial charge in [-0.05, 0) is 38.5 Å². The molecule has 0 aromatic carbocycles. The third-order valence-corrected chi connectivity index (χ3v) is 2.24.